The fraction of sp³-hybridized carbons (Fsp3) is 0.0476. The van der Waals surface area contributed by atoms with Crippen molar-refractivity contribution in [2.24, 2.45) is 0 Å². The van der Waals surface area contributed by atoms with Gasteiger partial charge in [0, 0.05) is 11.1 Å². The number of nitrogens with one attached hydrogen (secondary N) is 1. The number of benzene rings is 3. The first-order valence-corrected chi connectivity index (χ1v) is 7.82. The van der Waals surface area contributed by atoms with Crippen molar-refractivity contribution in [2.45, 2.75) is 6.92 Å². The molecular weight excluding hydrogens is 317 g/mol. The van der Waals surface area contributed by atoms with Crippen LogP contribution in [0.15, 0.2) is 72.8 Å². The average Bonchev–Trinajstić information content (AvgIpc) is 2.62. The second-order valence-corrected chi connectivity index (χ2v) is 5.68. The van der Waals surface area contributed by atoms with Gasteiger partial charge in [0.1, 0.15) is 5.82 Å². The minimum Gasteiger partial charge on any atom is -0.321 e. The number of hydrogen-bond acceptors (Lipinski definition) is 2. The van der Waals surface area contributed by atoms with Crippen molar-refractivity contribution >= 4 is 17.4 Å². The topological polar surface area (TPSA) is 46.2 Å². The quantitative estimate of drug-likeness (QED) is 0.708. The maximum Gasteiger partial charge on any atom is 0.258 e. The van der Waals surface area contributed by atoms with Crippen molar-refractivity contribution in [3.63, 3.8) is 0 Å². The average molecular weight is 333 g/mol. The minimum atomic E-state index is -0.608. The van der Waals surface area contributed by atoms with Gasteiger partial charge >= 0.3 is 0 Å². The zero-order valence-electron chi connectivity index (χ0n) is 13.6. The van der Waals surface area contributed by atoms with Crippen LogP contribution in [0.1, 0.15) is 31.8 Å². The number of amides is 1. The van der Waals surface area contributed by atoms with Gasteiger partial charge in [0.05, 0.1) is 11.3 Å². The highest BCUT2D eigenvalue weighted by Gasteiger charge is 2.17. The van der Waals surface area contributed by atoms with Crippen LogP contribution in [0.3, 0.4) is 0 Å². The molecule has 4 heteroatoms. The van der Waals surface area contributed by atoms with Crippen LogP contribution >= 0.6 is 0 Å². The Bertz CT molecular complexity index is 936. The number of carbonyl (C=O) groups is 2. The molecule has 0 bridgehead atoms. The number of ketones is 1. The number of halogens is 1. The highest BCUT2D eigenvalue weighted by molar-refractivity contribution is 6.15. The molecular formula is C21H16FNO2. The molecule has 0 aliphatic heterocycles. The predicted molar refractivity (Wildman–Crippen MR) is 95.4 cm³/mol. The lowest BCUT2D eigenvalue weighted by molar-refractivity contribution is 0.102. The van der Waals surface area contributed by atoms with Gasteiger partial charge in [-0.05, 0) is 36.8 Å². The lowest BCUT2D eigenvalue weighted by Gasteiger charge is -2.12. The Morgan fingerprint density at radius 3 is 2.24 bits per heavy atom. The van der Waals surface area contributed by atoms with Crippen molar-refractivity contribution in [1.29, 1.82) is 0 Å². The van der Waals surface area contributed by atoms with Crippen molar-refractivity contribution in [2.75, 3.05) is 5.32 Å². The molecule has 0 aliphatic carbocycles. The van der Waals surface area contributed by atoms with E-state index < -0.39 is 11.7 Å². The smallest absolute Gasteiger partial charge is 0.258 e. The third-order valence-electron chi connectivity index (χ3n) is 3.82. The summed E-state index contributed by atoms with van der Waals surface area (Å²) in [7, 11) is 0. The van der Waals surface area contributed by atoms with Crippen LogP contribution in [0.2, 0.25) is 0 Å². The van der Waals surface area contributed by atoms with E-state index in [2.05, 4.69) is 5.32 Å². The molecule has 1 N–H and O–H groups in total. The Morgan fingerprint density at radius 2 is 1.52 bits per heavy atom. The van der Waals surface area contributed by atoms with E-state index in [0.29, 0.717) is 16.8 Å². The van der Waals surface area contributed by atoms with Crippen molar-refractivity contribution in [3.8, 4) is 0 Å². The fourth-order valence-corrected chi connectivity index (χ4v) is 2.54. The summed E-state index contributed by atoms with van der Waals surface area (Å²) in [6.07, 6.45) is 0. The van der Waals surface area contributed by atoms with Crippen molar-refractivity contribution in [3.05, 3.63) is 101 Å². The van der Waals surface area contributed by atoms with Crippen LogP contribution < -0.4 is 5.32 Å². The van der Waals surface area contributed by atoms with Crippen molar-refractivity contribution in [1.82, 2.24) is 0 Å². The standard InChI is InChI=1S/C21H16FNO2/c1-14-11-12-17(20(24)15-7-3-2-4-8-15)19(13-14)23-21(25)16-9-5-6-10-18(16)22/h2-13H,1H3,(H,23,25). The van der Waals surface area contributed by atoms with Crippen LogP contribution in [-0.4, -0.2) is 11.7 Å². The predicted octanol–water partition coefficient (Wildman–Crippen LogP) is 4.62. The molecule has 3 aromatic rings. The number of hydrogen-bond donors (Lipinski definition) is 1. The summed E-state index contributed by atoms with van der Waals surface area (Å²) in [6.45, 7) is 1.86. The molecule has 0 saturated carbocycles. The summed E-state index contributed by atoms with van der Waals surface area (Å²) in [5.74, 6) is -1.40. The molecule has 3 rings (SSSR count). The molecule has 0 spiro atoms. The second kappa shape index (κ2) is 7.09. The van der Waals surface area contributed by atoms with Gasteiger partial charge in [0.15, 0.2) is 5.78 Å². The number of anilines is 1. The fourth-order valence-electron chi connectivity index (χ4n) is 2.54. The van der Waals surface area contributed by atoms with E-state index in [1.165, 1.54) is 18.2 Å². The summed E-state index contributed by atoms with van der Waals surface area (Å²) in [4.78, 5) is 25.1. The maximum absolute atomic E-state index is 13.8. The van der Waals surface area contributed by atoms with Gasteiger partial charge in [-0.25, -0.2) is 4.39 Å². The van der Waals surface area contributed by atoms with E-state index in [-0.39, 0.29) is 11.3 Å². The summed E-state index contributed by atoms with van der Waals surface area (Å²) < 4.78 is 13.8. The van der Waals surface area contributed by atoms with E-state index in [4.69, 9.17) is 0 Å². The van der Waals surface area contributed by atoms with Gasteiger partial charge in [-0.1, -0.05) is 48.5 Å². The first kappa shape index (κ1) is 16.6. The SMILES string of the molecule is Cc1ccc(C(=O)c2ccccc2)c(NC(=O)c2ccccc2F)c1. The molecule has 0 unspecified atom stereocenters. The Morgan fingerprint density at radius 1 is 0.840 bits per heavy atom. The lowest BCUT2D eigenvalue weighted by Crippen LogP contribution is -2.16. The van der Waals surface area contributed by atoms with E-state index in [9.17, 15) is 14.0 Å². The van der Waals surface area contributed by atoms with Gasteiger partial charge in [0.2, 0.25) is 0 Å². The van der Waals surface area contributed by atoms with Gasteiger partial charge in [0.25, 0.3) is 5.91 Å². The molecule has 0 saturated heterocycles. The van der Waals surface area contributed by atoms with E-state index >= 15 is 0 Å². The van der Waals surface area contributed by atoms with Crippen LogP contribution in [0, 0.1) is 12.7 Å². The summed E-state index contributed by atoms with van der Waals surface area (Å²) in [6, 6.07) is 19.7. The first-order chi connectivity index (χ1) is 12.1. The van der Waals surface area contributed by atoms with Crippen LogP contribution in [0.4, 0.5) is 10.1 Å². The molecule has 0 fully saturated rings. The third kappa shape index (κ3) is 3.63. The van der Waals surface area contributed by atoms with Crippen molar-refractivity contribution < 1.29 is 14.0 Å². The molecule has 1 amide bonds. The van der Waals surface area contributed by atoms with E-state index in [1.54, 1.807) is 48.5 Å². The normalized spacial score (nSPS) is 10.3. The largest absolute Gasteiger partial charge is 0.321 e. The molecule has 0 heterocycles. The highest BCUT2D eigenvalue weighted by Crippen LogP contribution is 2.22. The minimum absolute atomic E-state index is 0.0675. The van der Waals surface area contributed by atoms with Gasteiger partial charge in [-0.3, -0.25) is 9.59 Å². The van der Waals surface area contributed by atoms with Gasteiger partial charge in [-0.2, -0.15) is 0 Å². The van der Waals surface area contributed by atoms with Crippen LogP contribution in [-0.2, 0) is 0 Å². The summed E-state index contributed by atoms with van der Waals surface area (Å²) >= 11 is 0. The summed E-state index contributed by atoms with van der Waals surface area (Å²) in [5.41, 5.74) is 2.06. The molecule has 0 aromatic heterocycles. The number of rotatable bonds is 4. The Hall–Kier alpha value is -3.27. The molecule has 0 atom stereocenters. The first-order valence-electron chi connectivity index (χ1n) is 7.82. The Kier molecular flexibility index (Phi) is 4.70. The third-order valence-corrected chi connectivity index (χ3v) is 3.82. The lowest BCUT2D eigenvalue weighted by atomic mass is 10.00. The van der Waals surface area contributed by atoms with Crippen LogP contribution in [0.5, 0.6) is 0 Å². The molecule has 3 nitrogen and oxygen atoms in total. The molecule has 0 radical (unpaired) electrons. The van der Waals surface area contributed by atoms with Crippen LogP contribution in [0.25, 0.3) is 0 Å². The molecule has 124 valence electrons. The molecule has 0 aliphatic rings. The highest BCUT2D eigenvalue weighted by atomic mass is 19.1. The maximum atomic E-state index is 13.8. The Balaban J connectivity index is 1.96. The second-order valence-electron chi connectivity index (χ2n) is 5.68. The van der Waals surface area contributed by atoms with Gasteiger partial charge in [-0.15, -0.1) is 0 Å². The molecule has 25 heavy (non-hydrogen) atoms. The monoisotopic (exact) mass is 333 g/mol. The van der Waals surface area contributed by atoms with Gasteiger partial charge < -0.3 is 5.32 Å². The summed E-state index contributed by atoms with van der Waals surface area (Å²) in [5, 5.41) is 2.66. The molecule has 3 aromatic carbocycles. The van der Waals surface area contributed by atoms with E-state index in [1.807, 2.05) is 13.0 Å². The van der Waals surface area contributed by atoms with E-state index in [0.717, 1.165) is 5.56 Å². The Labute approximate surface area is 145 Å². The zero-order chi connectivity index (χ0) is 17.8. The number of carbonyl (C=O) groups excluding carboxylic acids is 2. The zero-order valence-corrected chi connectivity index (χ0v) is 13.6. The number of aryl methyl sites for hydroxylation is 1.